The number of amides is 7. The van der Waals surface area contributed by atoms with E-state index in [-0.39, 0.29) is 37.0 Å². The first-order chi connectivity index (χ1) is 18.2. The largest absolute Gasteiger partial charge is 0.398 e. The van der Waals surface area contributed by atoms with Crippen LogP contribution in [0.25, 0.3) is 0 Å². The first-order valence-electron chi connectivity index (χ1n) is 12.0. The Labute approximate surface area is 216 Å². The standard InChI is InChI=1S/C13H13N3O3.C13H10N2O4/c14-9-3-1-2-7-8(9)6-16(13(7)19)10-4-5-11(17)15-12(10)18;16-10-6-5-9(11(17)14-10)15-12(18)7-3-1-2-4-8(7)13(15)19/h1-3,10H,4-6,14H2,(H,15,17,18);1-4,9H,5-6H2,(H,14,16,17). The smallest absolute Gasteiger partial charge is 0.262 e. The van der Waals surface area contributed by atoms with E-state index in [1.165, 1.54) is 4.90 Å². The fraction of sp³-hybridized carbons (Fsp3) is 0.269. The van der Waals surface area contributed by atoms with Crippen LogP contribution < -0.4 is 16.4 Å². The van der Waals surface area contributed by atoms with Crippen LogP contribution in [0.1, 0.15) is 62.3 Å². The van der Waals surface area contributed by atoms with Gasteiger partial charge in [0, 0.05) is 36.2 Å². The Bertz CT molecular complexity index is 1400. The molecule has 2 fully saturated rings. The number of rotatable bonds is 2. The molecule has 38 heavy (non-hydrogen) atoms. The summed E-state index contributed by atoms with van der Waals surface area (Å²) in [5, 5.41) is 4.42. The van der Waals surface area contributed by atoms with Gasteiger partial charge in [-0.25, -0.2) is 0 Å². The predicted molar refractivity (Wildman–Crippen MR) is 130 cm³/mol. The summed E-state index contributed by atoms with van der Waals surface area (Å²) in [7, 11) is 0. The molecule has 0 radical (unpaired) electrons. The van der Waals surface area contributed by atoms with Crippen LogP contribution in [0.5, 0.6) is 0 Å². The Morgan fingerprint density at radius 3 is 1.71 bits per heavy atom. The summed E-state index contributed by atoms with van der Waals surface area (Å²) in [5.74, 6) is -2.81. The number of hydrogen-bond acceptors (Lipinski definition) is 8. The Morgan fingerprint density at radius 1 is 0.658 bits per heavy atom. The quantitative estimate of drug-likeness (QED) is 0.372. The molecule has 0 aliphatic carbocycles. The molecular weight excluding hydrogens is 494 g/mol. The van der Waals surface area contributed by atoms with Crippen LogP contribution in [0.15, 0.2) is 42.5 Å². The molecule has 6 rings (SSSR count). The molecule has 0 aromatic heterocycles. The van der Waals surface area contributed by atoms with Gasteiger partial charge in [-0.1, -0.05) is 18.2 Å². The number of nitrogen functional groups attached to an aromatic ring is 1. The number of fused-ring (bicyclic) bond motifs is 2. The van der Waals surface area contributed by atoms with Crippen LogP contribution in [0, 0.1) is 0 Å². The molecular formula is C26H23N5O7. The minimum atomic E-state index is -0.898. The van der Waals surface area contributed by atoms with E-state index < -0.39 is 35.7 Å². The van der Waals surface area contributed by atoms with Gasteiger partial charge in [-0.05, 0) is 37.1 Å². The summed E-state index contributed by atoms with van der Waals surface area (Å²) >= 11 is 0. The van der Waals surface area contributed by atoms with Gasteiger partial charge in [0.25, 0.3) is 17.7 Å². The van der Waals surface area contributed by atoms with Crippen molar-refractivity contribution in [1.29, 1.82) is 0 Å². The third kappa shape index (κ3) is 4.19. The highest BCUT2D eigenvalue weighted by atomic mass is 16.2. The molecule has 194 valence electrons. The number of piperidine rings is 2. The van der Waals surface area contributed by atoms with Crippen molar-refractivity contribution in [3.63, 3.8) is 0 Å². The molecule has 7 amide bonds. The average molecular weight is 517 g/mol. The van der Waals surface area contributed by atoms with Crippen molar-refractivity contribution >= 4 is 47.0 Å². The van der Waals surface area contributed by atoms with E-state index >= 15 is 0 Å². The molecule has 4 aliphatic heterocycles. The number of carbonyl (C=O) groups excluding carboxylic acids is 7. The molecule has 4 aliphatic rings. The van der Waals surface area contributed by atoms with Gasteiger partial charge in [-0.3, -0.25) is 49.1 Å². The van der Waals surface area contributed by atoms with Crippen LogP contribution >= 0.6 is 0 Å². The molecule has 12 nitrogen and oxygen atoms in total. The lowest BCUT2D eigenvalue weighted by Crippen LogP contribution is -2.54. The third-order valence-electron chi connectivity index (χ3n) is 6.97. The molecule has 2 aromatic carbocycles. The number of hydrogen-bond donors (Lipinski definition) is 3. The van der Waals surface area contributed by atoms with E-state index in [0.717, 1.165) is 10.5 Å². The molecule has 0 bridgehead atoms. The van der Waals surface area contributed by atoms with Gasteiger partial charge in [0.2, 0.25) is 23.6 Å². The first kappa shape index (κ1) is 24.8. The number of nitrogens with two attached hydrogens (primary N) is 1. The van der Waals surface area contributed by atoms with Gasteiger partial charge in [-0.2, -0.15) is 0 Å². The van der Waals surface area contributed by atoms with E-state index in [1.54, 1.807) is 42.5 Å². The summed E-state index contributed by atoms with van der Waals surface area (Å²) in [5.41, 5.74) is 8.32. The number of imide groups is 3. The summed E-state index contributed by atoms with van der Waals surface area (Å²) in [6.07, 6.45) is 0.927. The highest BCUT2D eigenvalue weighted by Crippen LogP contribution is 2.31. The van der Waals surface area contributed by atoms with Crippen molar-refractivity contribution in [3.8, 4) is 0 Å². The van der Waals surface area contributed by atoms with Gasteiger partial charge in [0.05, 0.1) is 11.1 Å². The van der Waals surface area contributed by atoms with E-state index in [9.17, 15) is 33.6 Å². The van der Waals surface area contributed by atoms with E-state index in [4.69, 9.17) is 5.73 Å². The van der Waals surface area contributed by atoms with Gasteiger partial charge >= 0.3 is 0 Å². The Balaban J connectivity index is 0.000000155. The average Bonchev–Trinajstić information content (AvgIpc) is 3.35. The van der Waals surface area contributed by atoms with Crippen molar-refractivity contribution < 1.29 is 33.6 Å². The molecule has 4 N–H and O–H groups in total. The zero-order valence-electron chi connectivity index (χ0n) is 20.1. The second-order valence-corrected chi connectivity index (χ2v) is 9.27. The molecule has 0 spiro atoms. The van der Waals surface area contributed by atoms with Gasteiger partial charge in [-0.15, -0.1) is 0 Å². The summed E-state index contributed by atoms with van der Waals surface area (Å²) in [6.45, 7) is 0.327. The number of benzene rings is 2. The van der Waals surface area contributed by atoms with Gasteiger partial charge < -0.3 is 10.6 Å². The van der Waals surface area contributed by atoms with Crippen LogP contribution in [0.3, 0.4) is 0 Å². The minimum Gasteiger partial charge on any atom is -0.398 e. The van der Waals surface area contributed by atoms with Crippen LogP contribution in [-0.2, 0) is 25.7 Å². The summed E-state index contributed by atoms with van der Waals surface area (Å²) < 4.78 is 0. The van der Waals surface area contributed by atoms with Crippen molar-refractivity contribution in [2.75, 3.05) is 5.73 Å². The zero-order chi connectivity index (χ0) is 27.1. The maximum atomic E-state index is 12.3. The molecule has 0 saturated carbocycles. The minimum absolute atomic E-state index is 0.129. The number of carbonyl (C=O) groups is 7. The van der Waals surface area contributed by atoms with Crippen LogP contribution in [-0.4, -0.2) is 63.2 Å². The topological polar surface area (TPSA) is 176 Å². The van der Waals surface area contributed by atoms with E-state index in [2.05, 4.69) is 10.6 Å². The first-order valence-corrected chi connectivity index (χ1v) is 12.0. The maximum Gasteiger partial charge on any atom is 0.262 e. The molecule has 2 aromatic rings. The Morgan fingerprint density at radius 2 is 1.18 bits per heavy atom. The Hall–Kier alpha value is -4.87. The number of nitrogens with zero attached hydrogens (tertiary/aromatic N) is 2. The summed E-state index contributed by atoms with van der Waals surface area (Å²) in [4.78, 5) is 84.9. The maximum absolute atomic E-state index is 12.3. The van der Waals surface area contributed by atoms with E-state index in [1.807, 2.05) is 0 Å². The SMILES string of the molecule is Nc1cccc2c1CN(C1CCC(=O)NC1=O)C2=O.O=C1CCC(N2C(=O)c3ccccc3C2=O)C(=O)N1. The fourth-order valence-corrected chi connectivity index (χ4v) is 5.03. The van der Waals surface area contributed by atoms with E-state index in [0.29, 0.717) is 35.3 Å². The van der Waals surface area contributed by atoms with Crippen LogP contribution in [0.2, 0.25) is 0 Å². The zero-order valence-corrected chi connectivity index (χ0v) is 20.1. The lowest BCUT2D eigenvalue weighted by atomic mass is 10.0. The molecule has 4 heterocycles. The fourth-order valence-electron chi connectivity index (χ4n) is 5.03. The normalized spacial score (nSPS) is 22.5. The molecule has 2 atom stereocenters. The lowest BCUT2D eigenvalue weighted by Gasteiger charge is -2.29. The van der Waals surface area contributed by atoms with Crippen molar-refractivity contribution in [3.05, 3.63) is 64.7 Å². The van der Waals surface area contributed by atoms with Gasteiger partial charge in [0.15, 0.2) is 0 Å². The van der Waals surface area contributed by atoms with Crippen molar-refractivity contribution in [2.24, 2.45) is 0 Å². The van der Waals surface area contributed by atoms with Gasteiger partial charge in [0.1, 0.15) is 12.1 Å². The lowest BCUT2D eigenvalue weighted by molar-refractivity contribution is -0.138. The molecule has 2 saturated heterocycles. The number of anilines is 1. The number of nitrogens with one attached hydrogen (secondary N) is 2. The molecule has 12 heteroatoms. The second-order valence-electron chi connectivity index (χ2n) is 9.27. The monoisotopic (exact) mass is 517 g/mol. The third-order valence-corrected chi connectivity index (χ3v) is 6.97. The van der Waals surface area contributed by atoms with Crippen molar-refractivity contribution in [2.45, 2.75) is 44.3 Å². The Kier molecular flexibility index (Phi) is 6.23. The predicted octanol–water partition coefficient (Wildman–Crippen LogP) is 0.118. The summed E-state index contributed by atoms with van der Waals surface area (Å²) in [6, 6.07) is 10.1. The highest BCUT2D eigenvalue weighted by molar-refractivity contribution is 6.23. The highest BCUT2D eigenvalue weighted by Gasteiger charge is 2.44. The van der Waals surface area contributed by atoms with Crippen molar-refractivity contribution in [1.82, 2.24) is 20.4 Å². The van der Waals surface area contributed by atoms with Crippen LogP contribution in [0.4, 0.5) is 5.69 Å². The second kappa shape index (κ2) is 9.54. The molecule has 2 unspecified atom stereocenters.